The molecule has 0 rings (SSSR count). The van der Waals surface area contributed by atoms with Crippen LogP contribution in [0.15, 0.2) is 0 Å². The van der Waals surface area contributed by atoms with Crippen molar-refractivity contribution >= 4 is 41.5 Å². The van der Waals surface area contributed by atoms with Crippen LogP contribution in [0.25, 0.3) is 0 Å². The number of carbonyl (C=O) groups is 7. The maximum absolute atomic E-state index is 13.0. The summed E-state index contributed by atoms with van der Waals surface area (Å²) < 4.78 is 0. The molecular formula is C23H39N5O10. The average molecular weight is 546 g/mol. The molecule has 216 valence electrons. The van der Waals surface area contributed by atoms with Crippen molar-refractivity contribution in [1.82, 2.24) is 21.3 Å². The van der Waals surface area contributed by atoms with E-state index in [0.29, 0.717) is 0 Å². The lowest BCUT2D eigenvalue weighted by Crippen LogP contribution is -2.60. The van der Waals surface area contributed by atoms with Crippen molar-refractivity contribution in [2.24, 2.45) is 23.5 Å². The van der Waals surface area contributed by atoms with Crippen LogP contribution in [0.3, 0.4) is 0 Å². The molecule has 0 aliphatic rings. The van der Waals surface area contributed by atoms with Gasteiger partial charge in [0.1, 0.15) is 24.2 Å². The number of carboxylic acid groups (broad SMARTS) is 3. The minimum absolute atomic E-state index is 0.467. The lowest BCUT2D eigenvalue weighted by atomic mass is 9.99. The molecule has 0 aliphatic carbocycles. The van der Waals surface area contributed by atoms with E-state index in [1.165, 1.54) is 0 Å². The second-order valence-corrected chi connectivity index (χ2v) is 9.89. The van der Waals surface area contributed by atoms with Crippen LogP contribution in [0.4, 0.5) is 0 Å². The molecule has 38 heavy (non-hydrogen) atoms. The van der Waals surface area contributed by atoms with Crippen molar-refractivity contribution in [3.63, 3.8) is 0 Å². The number of nitrogens with one attached hydrogen (secondary N) is 4. The fourth-order valence-corrected chi connectivity index (χ4v) is 3.27. The number of carboxylic acids is 3. The minimum atomic E-state index is -1.67. The van der Waals surface area contributed by atoms with Crippen LogP contribution in [0.1, 0.15) is 54.4 Å². The van der Waals surface area contributed by atoms with Gasteiger partial charge in [-0.25, -0.2) is 4.79 Å². The highest BCUT2D eigenvalue weighted by Crippen LogP contribution is 2.09. The smallest absolute Gasteiger partial charge is 0.326 e. The van der Waals surface area contributed by atoms with Crippen LogP contribution < -0.4 is 27.0 Å². The number of aliphatic carboxylic acids is 3. The molecule has 5 atom stereocenters. The fourth-order valence-electron chi connectivity index (χ4n) is 3.27. The van der Waals surface area contributed by atoms with Gasteiger partial charge in [0.15, 0.2) is 0 Å². The molecule has 0 aromatic rings. The Bertz CT molecular complexity index is 905. The normalized spacial score (nSPS) is 15.1. The molecule has 9 N–H and O–H groups in total. The summed E-state index contributed by atoms with van der Waals surface area (Å²) in [4.78, 5) is 84.5. The summed E-state index contributed by atoms with van der Waals surface area (Å²) in [6.45, 7) is 9.41. The van der Waals surface area contributed by atoms with E-state index < -0.39 is 102 Å². The summed E-state index contributed by atoms with van der Waals surface area (Å²) in [5.74, 6) is -9.34. The predicted octanol–water partition coefficient (Wildman–Crippen LogP) is -1.75. The molecule has 0 aromatic heterocycles. The molecule has 0 aliphatic heterocycles. The highest BCUT2D eigenvalue weighted by atomic mass is 16.4. The number of nitrogens with two attached hydrogens (primary N) is 1. The quantitative estimate of drug-likeness (QED) is 0.108. The van der Waals surface area contributed by atoms with Crippen LogP contribution in [0.5, 0.6) is 0 Å². The zero-order chi connectivity index (χ0) is 29.9. The van der Waals surface area contributed by atoms with Gasteiger partial charge in [-0.1, -0.05) is 41.5 Å². The Morgan fingerprint density at radius 2 is 0.921 bits per heavy atom. The minimum Gasteiger partial charge on any atom is -0.481 e. The standard InChI is InChI=1S/C23H39N5O10/c1-9(2)16(26-19(33)12(24)7-14(29)30)21(35)25-13(8-15(31)32)20(34)27-17(10(3)4)22(36)28-18(11(5)6)23(37)38/h9-13,16-18H,7-8,24H2,1-6H3,(H,25,35)(H,26,33)(H,27,34)(H,28,36)(H,29,30)(H,31,32)(H,37,38)/t12-,13-,16-,17-,18-/m0/s1. The van der Waals surface area contributed by atoms with E-state index in [1.807, 2.05) is 0 Å². The first-order valence-corrected chi connectivity index (χ1v) is 12.0. The second-order valence-electron chi connectivity index (χ2n) is 9.89. The van der Waals surface area contributed by atoms with Crippen molar-refractivity contribution in [2.75, 3.05) is 0 Å². The monoisotopic (exact) mass is 545 g/mol. The van der Waals surface area contributed by atoms with Gasteiger partial charge in [-0.05, 0) is 17.8 Å². The second kappa shape index (κ2) is 15.5. The lowest BCUT2D eigenvalue weighted by molar-refractivity contribution is -0.144. The fraction of sp³-hybridized carbons (Fsp3) is 0.696. The molecule has 0 unspecified atom stereocenters. The van der Waals surface area contributed by atoms with E-state index in [9.17, 15) is 43.8 Å². The van der Waals surface area contributed by atoms with E-state index in [2.05, 4.69) is 21.3 Å². The Labute approximate surface area is 220 Å². The molecule has 0 saturated carbocycles. The van der Waals surface area contributed by atoms with Crippen molar-refractivity contribution in [1.29, 1.82) is 0 Å². The predicted molar refractivity (Wildman–Crippen MR) is 132 cm³/mol. The van der Waals surface area contributed by atoms with Crippen LogP contribution in [-0.2, 0) is 33.6 Å². The number of carbonyl (C=O) groups excluding carboxylic acids is 4. The van der Waals surface area contributed by atoms with E-state index in [4.69, 9.17) is 10.8 Å². The summed E-state index contributed by atoms with van der Waals surface area (Å²) in [7, 11) is 0. The Kier molecular flexibility index (Phi) is 14.0. The van der Waals surface area contributed by atoms with Gasteiger partial charge in [0.05, 0.1) is 18.9 Å². The Balaban J connectivity index is 5.75. The van der Waals surface area contributed by atoms with E-state index in [0.717, 1.165) is 0 Å². The Morgan fingerprint density at radius 3 is 1.29 bits per heavy atom. The Morgan fingerprint density at radius 1 is 0.553 bits per heavy atom. The molecular weight excluding hydrogens is 506 g/mol. The highest BCUT2D eigenvalue weighted by Gasteiger charge is 2.35. The highest BCUT2D eigenvalue weighted by molar-refractivity contribution is 5.97. The van der Waals surface area contributed by atoms with Gasteiger partial charge < -0.3 is 42.3 Å². The number of hydrogen-bond acceptors (Lipinski definition) is 8. The summed E-state index contributed by atoms with van der Waals surface area (Å²) in [5.41, 5.74) is 5.52. The van der Waals surface area contributed by atoms with Crippen LogP contribution in [-0.4, -0.2) is 87.1 Å². The average Bonchev–Trinajstić information content (AvgIpc) is 2.76. The summed E-state index contributed by atoms with van der Waals surface area (Å²) in [5, 5.41) is 36.7. The van der Waals surface area contributed by atoms with Crippen LogP contribution in [0.2, 0.25) is 0 Å². The van der Waals surface area contributed by atoms with Gasteiger partial charge in [0, 0.05) is 0 Å². The van der Waals surface area contributed by atoms with Gasteiger partial charge in [-0.2, -0.15) is 0 Å². The van der Waals surface area contributed by atoms with Gasteiger partial charge in [-0.3, -0.25) is 28.8 Å². The molecule has 0 bridgehead atoms. The van der Waals surface area contributed by atoms with Crippen molar-refractivity contribution < 1.29 is 48.9 Å². The summed E-state index contributed by atoms with van der Waals surface area (Å²) in [6, 6.07) is -6.91. The molecule has 0 heterocycles. The number of rotatable bonds is 16. The lowest BCUT2D eigenvalue weighted by Gasteiger charge is -2.28. The molecule has 15 heteroatoms. The molecule has 4 amide bonds. The van der Waals surface area contributed by atoms with E-state index in [1.54, 1.807) is 41.5 Å². The zero-order valence-corrected chi connectivity index (χ0v) is 22.3. The number of amides is 4. The summed E-state index contributed by atoms with van der Waals surface area (Å²) >= 11 is 0. The topological polar surface area (TPSA) is 254 Å². The number of hydrogen-bond donors (Lipinski definition) is 8. The van der Waals surface area contributed by atoms with Gasteiger partial charge >= 0.3 is 17.9 Å². The third-order valence-corrected chi connectivity index (χ3v) is 5.47. The SMILES string of the molecule is CC(C)[C@H](NC(=O)[C@@H](NC(=O)[C@H](CC(=O)O)NC(=O)[C@@H](NC(=O)[C@@H](N)CC(=O)O)C(C)C)C(C)C)C(=O)O. The van der Waals surface area contributed by atoms with Crippen molar-refractivity contribution in [3.05, 3.63) is 0 Å². The maximum Gasteiger partial charge on any atom is 0.326 e. The van der Waals surface area contributed by atoms with Gasteiger partial charge in [0.25, 0.3) is 0 Å². The zero-order valence-electron chi connectivity index (χ0n) is 22.3. The molecule has 15 nitrogen and oxygen atoms in total. The first-order chi connectivity index (χ1) is 17.4. The molecule has 0 spiro atoms. The van der Waals surface area contributed by atoms with E-state index in [-0.39, 0.29) is 0 Å². The van der Waals surface area contributed by atoms with Gasteiger partial charge in [0.2, 0.25) is 23.6 Å². The third kappa shape index (κ3) is 11.5. The third-order valence-electron chi connectivity index (χ3n) is 5.47. The molecule has 0 fully saturated rings. The molecule has 0 saturated heterocycles. The maximum atomic E-state index is 13.0. The van der Waals surface area contributed by atoms with Crippen molar-refractivity contribution in [2.45, 2.75) is 84.6 Å². The van der Waals surface area contributed by atoms with Crippen LogP contribution >= 0.6 is 0 Å². The first kappa shape index (κ1) is 34.2. The van der Waals surface area contributed by atoms with E-state index >= 15 is 0 Å². The van der Waals surface area contributed by atoms with Crippen molar-refractivity contribution in [3.8, 4) is 0 Å². The Hall–Kier alpha value is -3.75. The molecule has 0 aromatic carbocycles. The first-order valence-electron chi connectivity index (χ1n) is 12.0. The van der Waals surface area contributed by atoms with Gasteiger partial charge in [-0.15, -0.1) is 0 Å². The summed E-state index contributed by atoms with van der Waals surface area (Å²) in [6.07, 6.45) is -1.56. The largest absolute Gasteiger partial charge is 0.481 e. The van der Waals surface area contributed by atoms with Crippen LogP contribution in [0, 0.1) is 17.8 Å². The molecule has 0 radical (unpaired) electrons.